The lowest BCUT2D eigenvalue weighted by atomic mass is 10.0. The first-order chi connectivity index (χ1) is 19.3. The van der Waals surface area contributed by atoms with Crippen LogP contribution in [0.4, 0.5) is 10.5 Å². The maximum atomic E-state index is 13.3. The van der Waals surface area contributed by atoms with Crippen molar-refractivity contribution in [1.82, 2.24) is 19.4 Å². The van der Waals surface area contributed by atoms with Crippen molar-refractivity contribution in [3.63, 3.8) is 0 Å². The normalized spacial score (nSPS) is 20.5. The van der Waals surface area contributed by atoms with Crippen molar-refractivity contribution in [2.75, 3.05) is 25.0 Å². The molecule has 0 spiro atoms. The molecule has 2 aromatic carbocycles. The Hall–Kier alpha value is -3.92. The molecular formula is C30H35N5O5. The fraction of sp³-hybridized carbons (Fsp3) is 0.467. The number of amides is 3. The van der Waals surface area contributed by atoms with Gasteiger partial charge in [-0.2, -0.15) is 0 Å². The fourth-order valence-electron chi connectivity index (χ4n) is 5.55. The van der Waals surface area contributed by atoms with Crippen LogP contribution in [0.15, 0.2) is 52.1 Å². The third-order valence-electron chi connectivity index (χ3n) is 7.97. The van der Waals surface area contributed by atoms with Crippen molar-refractivity contribution in [1.29, 1.82) is 0 Å². The number of nitrogens with one attached hydrogen (secondary N) is 2. The van der Waals surface area contributed by atoms with Crippen molar-refractivity contribution < 1.29 is 14.3 Å². The highest BCUT2D eigenvalue weighted by Gasteiger charge is 2.28. The van der Waals surface area contributed by atoms with Crippen LogP contribution in [-0.4, -0.2) is 51.7 Å². The van der Waals surface area contributed by atoms with E-state index in [1.807, 2.05) is 32.0 Å². The zero-order valence-corrected chi connectivity index (χ0v) is 22.9. The van der Waals surface area contributed by atoms with E-state index in [2.05, 4.69) is 10.6 Å². The van der Waals surface area contributed by atoms with Gasteiger partial charge in [-0.3, -0.25) is 18.7 Å². The van der Waals surface area contributed by atoms with Crippen LogP contribution in [-0.2, 0) is 11.3 Å². The summed E-state index contributed by atoms with van der Waals surface area (Å²) in [5, 5.41) is 6.41. The zero-order valence-electron chi connectivity index (χ0n) is 22.9. The molecule has 2 aliphatic heterocycles. The van der Waals surface area contributed by atoms with E-state index in [0.717, 1.165) is 31.2 Å². The number of carbonyl (C=O) groups is 2. The molecule has 3 aromatic rings. The second kappa shape index (κ2) is 10.6. The van der Waals surface area contributed by atoms with Crippen LogP contribution < -0.4 is 21.9 Å². The van der Waals surface area contributed by atoms with Crippen LogP contribution in [0.2, 0.25) is 0 Å². The monoisotopic (exact) mass is 545 g/mol. The van der Waals surface area contributed by atoms with E-state index in [1.54, 1.807) is 33.7 Å². The van der Waals surface area contributed by atoms with Crippen LogP contribution in [0.25, 0.3) is 10.9 Å². The van der Waals surface area contributed by atoms with E-state index in [-0.39, 0.29) is 41.4 Å². The average molecular weight is 546 g/mol. The molecule has 2 atom stereocenters. The molecule has 0 radical (unpaired) electrons. The van der Waals surface area contributed by atoms with E-state index in [4.69, 9.17) is 4.74 Å². The summed E-state index contributed by atoms with van der Waals surface area (Å²) < 4.78 is 8.32. The van der Waals surface area contributed by atoms with Gasteiger partial charge in [0.2, 0.25) is 0 Å². The van der Waals surface area contributed by atoms with Gasteiger partial charge in [0, 0.05) is 43.0 Å². The fourth-order valence-corrected chi connectivity index (χ4v) is 5.55. The van der Waals surface area contributed by atoms with E-state index in [0.29, 0.717) is 54.3 Å². The lowest BCUT2D eigenvalue weighted by Gasteiger charge is -2.33. The number of benzene rings is 2. The third kappa shape index (κ3) is 5.40. The lowest BCUT2D eigenvalue weighted by Crippen LogP contribution is -2.50. The van der Waals surface area contributed by atoms with E-state index >= 15 is 0 Å². The van der Waals surface area contributed by atoms with Gasteiger partial charge in [0.1, 0.15) is 6.10 Å². The number of fused-ring (bicyclic) bond motifs is 1. The summed E-state index contributed by atoms with van der Waals surface area (Å²) in [6.45, 7) is 5.91. The molecule has 2 saturated heterocycles. The highest BCUT2D eigenvalue weighted by Crippen LogP contribution is 2.31. The zero-order chi connectivity index (χ0) is 28.0. The second-order valence-corrected chi connectivity index (χ2v) is 11.5. The number of rotatable bonds is 7. The van der Waals surface area contributed by atoms with Gasteiger partial charge in [0.15, 0.2) is 0 Å². The number of urea groups is 1. The summed E-state index contributed by atoms with van der Waals surface area (Å²) in [6.07, 6.45) is 3.68. The molecule has 6 rings (SSSR count). The van der Waals surface area contributed by atoms with Crippen LogP contribution in [0.1, 0.15) is 67.6 Å². The molecule has 40 heavy (non-hydrogen) atoms. The van der Waals surface area contributed by atoms with Gasteiger partial charge in [-0.05, 0) is 81.3 Å². The molecule has 10 heteroatoms. The number of hydrogen-bond acceptors (Lipinski definition) is 5. The third-order valence-corrected chi connectivity index (χ3v) is 7.97. The minimum atomic E-state index is -0.321. The molecule has 2 N–H and O–H groups in total. The Bertz CT molecular complexity index is 1580. The Morgan fingerprint density at radius 2 is 1.88 bits per heavy atom. The number of piperidine rings is 1. The largest absolute Gasteiger partial charge is 0.368 e. The van der Waals surface area contributed by atoms with E-state index in [9.17, 15) is 19.2 Å². The number of aromatic nitrogens is 2. The Morgan fingerprint density at radius 3 is 2.60 bits per heavy atom. The molecule has 0 bridgehead atoms. The standard InChI is InChI=1S/C30H35N5O5/c1-18(2)35-25-11-10-22(14-24(25)28(37)34(30(35)39)15-19-8-9-19)32-29(38)33-12-4-7-23(16-33)31-27(36)21-6-3-5-20(13-21)26-17-40-26/h3,5-6,10-11,13-14,18-19,23,26H,4,7-9,12,15-17H2,1-2H3,(H,31,36)(H,32,38). The van der Waals surface area contributed by atoms with E-state index < -0.39 is 0 Å². The van der Waals surface area contributed by atoms with Gasteiger partial charge in [0.25, 0.3) is 11.5 Å². The maximum Gasteiger partial charge on any atom is 0.331 e. The molecule has 10 nitrogen and oxygen atoms in total. The van der Waals surface area contributed by atoms with Gasteiger partial charge in [-0.15, -0.1) is 0 Å². The van der Waals surface area contributed by atoms with Crippen LogP contribution in [0, 0.1) is 5.92 Å². The number of hydrogen-bond donors (Lipinski definition) is 2. The number of nitrogens with zero attached hydrogens (tertiary/aromatic N) is 3. The molecule has 3 heterocycles. The van der Waals surface area contributed by atoms with Crippen LogP contribution >= 0.6 is 0 Å². The Labute approximate surface area is 231 Å². The number of carbonyl (C=O) groups excluding carboxylic acids is 2. The summed E-state index contributed by atoms with van der Waals surface area (Å²) in [4.78, 5) is 54.3. The predicted molar refractivity (Wildman–Crippen MR) is 152 cm³/mol. The molecule has 3 amide bonds. The molecular weight excluding hydrogens is 510 g/mol. The predicted octanol–water partition coefficient (Wildman–Crippen LogP) is 3.65. The summed E-state index contributed by atoms with van der Waals surface area (Å²) in [5.41, 5.74) is 2.03. The van der Waals surface area contributed by atoms with Crippen molar-refractivity contribution in [3.05, 3.63) is 74.4 Å². The smallest absolute Gasteiger partial charge is 0.331 e. The quantitative estimate of drug-likeness (QED) is 0.440. The Balaban J connectivity index is 1.16. The van der Waals surface area contributed by atoms with Crippen molar-refractivity contribution in [2.45, 2.75) is 64.3 Å². The van der Waals surface area contributed by atoms with Crippen molar-refractivity contribution in [3.8, 4) is 0 Å². The minimum absolute atomic E-state index is 0.0794. The molecule has 1 aliphatic carbocycles. The maximum absolute atomic E-state index is 13.3. The van der Waals surface area contributed by atoms with Gasteiger partial charge >= 0.3 is 11.7 Å². The first-order valence-electron chi connectivity index (χ1n) is 14.2. The van der Waals surface area contributed by atoms with Gasteiger partial charge in [-0.1, -0.05) is 12.1 Å². The molecule has 1 saturated carbocycles. The van der Waals surface area contributed by atoms with Gasteiger partial charge in [0.05, 0.1) is 17.5 Å². The van der Waals surface area contributed by atoms with Gasteiger partial charge in [-0.25, -0.2) is 9.59 Å². The first kappa shape index (κ1) is 26.3. The lowest BCUT2D eigenvalue weighted by molar-refractivity contribution is 0.0913. The Kier molecular flexibility index (Phi) is 6.95. The van der Waals surface area contributed by atoms with Gasteiger partial charge < -0.3 is 20.3 Å². The molecule has 2 unspecified atom stereocenters. The summed E-state index contributed by atoms with van der Waals surface area (Å²) in [7, 11) is 0. The molecule has 3 fully saturated rings. The van der Waals surface area contributed by atoms with Crippen molar-refractivity contribution >= 4 is 28.5 Å². The van der Waals surface area contributed by atoms with E-state index in [1.165, 1.54) is 4.57 Å². The van der Waals surface area contributed by atoms with Crippen LogP contribution in [0.3, 0.4) is 0 Å². The van der Waals surface area contributed by atoms with Crippen LogP contribution in [0.5, 0.6) is 0 Å². The number of ether oxygens (including phenoxy) is 1. The number of epoxide rings is 1. The second-order valence-electron chi connectivity index (χ2n) is 11.5. The molecule has 3 aliphatic rings. The average Bonchev–Trinajstić information content (AvgIpc) is 3.86. The molecule has 210 valence electrons. The number of anilines is 1. The summed E-state index contributed by atoms with van der Waals surface area (Å²) in [6, 6.07) is 12.0. The topological polar surface area (TPSA) is 118 Å². The van der Waals surface area contributed by atoms with Crippen molar-refractivity contribution in [2.24, 2.45) is 5.92 Å². The SMILES string of the molecule is CC(C)n1c(=O)n(CC2CC2)c(=O)c2cc(NC(=O)N3CCCC(NC(=O)c4cccc(C5CO5)c4)C3)ccc21. The highest BCUT2D eigenvalue weighted by molar-refractivity contribution is 5.95. The summed E-state index contributed by atoms with van der Waals surface area (Å²) in [5.74, 6) is 0.206. The minimum Gasteiger partial charge on any atom is -0.368 e. The molecule has 1 aromatic heterocycles. The number of likely N-dealkylation sites (tertiary alicyclic amines) is 1. The Morgan fingerprint density at radius 1 is 1.07 bits per heavy atom. The highest BCUT2D eigenvalue weighted by atomic mass is 16.6. The summed E-state index contributed by atoms with van der Waals surface area (Å²) >= 11 is 0. The first-order valence-corrected chi connectivity index (χ1v) is 14.2.